The van der Waals surface area contributed by atoms with Crippen LogP contribution in [0.1, 0.15) is 4.88 Å². The fourth-order valence-corrected chi connectivity index (χ4v) is 5.86. The summed E-state index contributed by atoms with van der Waals surface area (Å²) < 4.78 is 33.1. The molecule has 1 aliphatic rings. The quantitative estimate of drug-likeness (QED) is 0.698. The molecule has 1 aromatic carbocycles. The van der Waals surface area contributed by atoms with Gasteiger partial charge in [-0.1, -0.05) is 0 Å². The molecule has 0 spiro atoms. The molecule has 0 unspecified atom stereocenters. The van der Waals surface area contributed by atoms with Gasteiger partial charge in [-0.3, -0.25) is 9.52 Å². The van der Waals surface area contributed by atoms with Gasteiger partial charge in [0.25, 0.3) is 15.9 Å². The number of benzene rings is 1. The van der Waals surface area contributed by atoms with Gasteiger partial charge < -0.3 is 9.64 Å². The summed E-state index contributed by atoms with van der Waals surface area (Å²) in [5.41, 5.74) is 2.05. The standard InChI is InChI=1S/C17H15N3O4S3/c1-10-3-6-16(26-10)27(22,23)19-17-18-12(9-25-17)11-4-5-14-13(7-11)20(2)15(21)8-24-14/h3-7,9H,8H2,1-2H3,(H,18,19). The van der Waals surface area contributed by atoms with Crippen molar-refractivity contribution in [1.82, 2.24) is 4.98 Å². The first-order chi connectivity index (χ1) is 12.8. The summed E-state index contributed by atoms with van der Waals surface area (Å²) >= 11 is 2.41. The number of thiazole rings is 1. The molecule has 1 N–H and O–H groups in total. The van der Waals surface area contributed by atoms with Crippen molar-refractivity contribution in [2.45, 2.75) is 11.1 Å². The summed E-state index contributed by atoms with van der Waals surface area (Å²) in [5.74, 6) is 0.502. The molecule has 140 valence electrons. The highest BCUT2D eigenvalue weighted by Gasteiger charge is 2.23. The maximum Gasteiger partial charge on any atom is 0.273 e. The van der Waals surface area contributed by atoms with E-state index in [0.29, 0.717) is 17.1 Å². The number of hydrogen-bond donors (Lipinski definition) is 1. The third-order valence-electron chi connectivity index (χ3n) is 4.05. The maximum atomic E-state index is 12.4. The fourth-order valence-electron chi connectivity index (χ4n) is 2.61. The fraction of sp³-hybridized carbons (Fsp3) is 0.176. The van der Waals surface area contributed by atoms with Crippen LogP contribution >= 0.6 is 22.7 Å². The van der Waals surface area contributed by atoms with Crippen molar-refractivity contribution in [3.63, 3.8) is 0 Å². The normalized spacial score (nSPS) is 14.0. The predicted octanol–water partition coefficient (Wildman–Crippen LogP) is 3.34. The van der Waals surface area contributed by atoms with Gasteiger partial charge in [0, 0.05) is 22.9 Å². The molecule has 27 heavy (non-hydrogen) atoms. The average molecular weight is 422 g/mol. The maximum absolute atomic E-state index is 12.4. The van der Waals surface area contributed by atoms with Crippen LogP contribution in [0.4, 0.5) is 10.8 Å². The van der Waals surface area contributed by atoms with Crippen molar-refractivity contribution in [3.8, 4) is 17.0 Å². The van der Waals surface area contributed by atoms with E-state index in [2.05, 4.69) is 9.71 Å². The molecule has 3 aromatic rings. The number of fused-ring (bicyclic) bond motifs is 1. The van der Waals surface area contributed by atoms with Crippen LogP contribution < -0.4 is 14.4 Å². The molecule has 0 atom stereocenters. The van der Waals surface area contributed by atoms with E-state index in [0.717, 1.165) is 10.4 Å². The Hall–Kier alpha value is -2.43. The number of ether oxygens (including phenoxy) is 1. The lowest BCUT2D eigenvalue weighted by atomic mass is 10.1. The Morgan fingerprint density at radius 1 is 1.26 bits per heavy atom. The van der Waals surface area contributed by atoms with E-state index >= 15 is 0 Å². The summed E-state index contributed by atoms with van der Waals surface area (Å²) in [7, 11) is -1.96. The molecular weight excluding hydrogens is 406 g/mol. The lowest BCUT2D eigenvalue weighted by molar-refractivity contribution is -0.120. The van der Waals surface area contributed by atoms with Crippen LogP contribution in [-0.2, 0) is 14.8 Å². The van der Waals surface area contributed by atoms with E-state index in [1.54, 1.807) is 30.6 Å². The molecule has 0 fully saturated rings. The summed E-state index contributed by atoms with van der Waals surface area (Å²) in [4.78, 5) is 18.7. The summed E-state index contributed by atoms with van der Waals surface area (Å²) in [6.07, 6.45) is 0. The van der Waals surface area contributed by atoms with E-state index in [-0.39, 0.29) is 21.9 Å². The second-order valence-electron chi connectivity index (χ2n) is 5.93. The number of carbonyl (C=O) groups excluding carboxylic acids is 1. The highest BCUT2D eigenvalue weighted by molar-refractivity contribution is 7.94. The number of hydrogen-bond acceptors (Lipinski definition) is 7. The third-order valence-corrected chi connectivity index (χ3v) is 7.77. The Kier molecular flexibility index (Phi) is 4.41. The van der Waals surface area contributed by atoms with Crippen molar-refractivity contribution in [2.24, 2.45) is 0 Å². The van der Waals surface area contributed by atoms with Crippen LogP contribution in [0.2, 0.25) is 0 Å². The summed E-state index contributed by atoms with van der Waals surface area (Å²) in [6.45, 7) is 1.88. The van der Waals surface area contributed by atoms with Crippen LogP contribution in [0.15, 0.2) is 39.9 Å². The highest BCUT2D eigenvalue weighted by Crippen LogP contribution is 2.36. The van der Waals surface area contributed by atoms with Gasteiger partial charge >= 0.3 is 0 Å². The molecule has 0 aliphatic carbocycles. The van der Waals surface area contributed by atoms with E-state index in [9.17, 15) is 13.2 Å². The van der Waals surface area contributed by atoms with Crippen molar-refractivity contribution in [1.29, 1.82) is 0 Å². The first-order valence-corrected chi connectivity index (χ1v) is 11.1. The molecule has 0 bridgehead atoms. The Balaban J connectivity index is 1.61. The number of likely N-dealkylation sites (N-methyl/N-ethyl adjacent to an activating group) is 1. The van der Waals surface area contributed by atoms with E-state index < -0.39 is 10.0 Å². The van der Waals surface area contributed by atoms with E-state index in [1.165, 1.54) is 27.6 Å². The van der Waals surface area contributed by atoms with Crippen LogP contribution in [0.3, 0.4) is 0 Å². The number of amides is 1. The number of aromatic nitrogens is 1. The van der Waals surface area contributed by atoms with Gasteiger partial charge in [-0.15, -0.1) is 22.7 Å². The second kappa shape index (κ2) is 6.63. The van der Waals surface area contributed by atoms with Crippen molar-refractivity contribution >= 4 is 49.4 Å². The minimum absolute atomic E-state index is 0.0215. The van der Waals surface area contributed by atoms with Crippen LogP contribution in [0.25, 0.3) is 11.3 Å². The Bertz CT molecular complexity index is 1130. The largest absolute Gasteiger partial charge is 0.482 e. The Labute approximate surface area is 164 Å². The van der Waals surface area contributed by atoms with E-state index in [4.69, 9.17) is 4.74 Å². The number of nitrogens with zero attached hydrogens (tertiary/aromatic N) is 2. The lowest BCUT2D eigenvalue weighted by Gasteiger charge is -2.26. The van der Waals surface area contributed by atoms with Gasteiger partial charge in [-0.2, -0.15) is 0 Å². The predicted molar refractivity (Wildman–Crippen MR) is 106 cm³/mol. The third kappa shape index (κ3) is 3.43. The van der Waals surface area contributed by atoms with Gasteiger partial charge in [0.2, 0.25) is 0 Å². The van der Waals surface area contributed by atoms with Crippen molar-refractivity contribution < 1.29 is 17.9 Å². The average Bonchev–Trinajstić information content (AvgIpc) is 3.27. The zero-order valence-corrected chi connectivity index (χ0v) is 16.9. The molecule has 3 heterocycles. The van der Waals surface area contributed by atoms with E-state index in [1.807, 2.05) is 19.1 Å². The first-order valence-electron chi connectivity index (χ1n) is 7.92. The smallest absolute Gasteiger partial charge is 0.273 e. The summed E-state index contributed by atoms with van der Waals surface area (Å²) in [5, 5.41) is 2.06. The molecule has 10 heteroatoms. The minimum atomic E-state index is -3.65. The molecule has 0 radical (unpaired) electrons. The molecule has 4 rings (SSSR count). The molecule has 0 saturated carbocycles. The SMILES string of the molecule is Cc1ccc(S(=O)(=O)Nc2nc(-c3ccc4c(c3)N(C)C(=O)CO4)cs2)s1. The number of anilines is 2. The molecular formula is C17H15N3O4S3. The van der Waals surface area contributed by atoms with Gasteiger partial charge in [-0.05, 0) is 37.3 Å². The van der Waals surface area contributed by atoms with Gasteiger partial charge in [0.05, 0.1) is 11.4 Å². The van der Waals surface area contributed by atoms with Gasteiger partial charge in [0.15, 0.2) is 11.7 Å². The number of carbonyl (C=O) groups is 1. The number of rotatable bonds is 4. The zero-order chi connectivity index (χ0) is 19.2. The lowest BCUT2D eigenvalue weighted by Crippen LogP contribution is -2.35. The van der Waals surface area contributed by atoms with Gasteiger partial charge in [-0.25, -0.2) is 13.4 Å². The number of nitrogens with one attached hydrogen (secondary N) is 1. The molecule has 1 amide bonds. The highest BCUT2D eigenvalue weighted by atomic mass is 32.2. The zero-order valence-electron chi connectivity index (χ0n) is 14.4. The molecule has 2 aromatic heterocycles. The molecule has 0 saturated heterocycles. The number of thiophene rings is 1. The minimum Gasteiger partial charge on any atom is -0.482 e. The summed E-state index contributed by atoms with van der Waals surface area (Å²) in [6, 6.07) is 8.76. The number of sulfonamides is 1. The van der Waals surface area contributed by atoms with Crippen LogP contribution in [-0.4, -0.2) is 33.0 Å². The van der Waals surface area contributed by atoms with Crippen LogP contribution in [0.5, 0.6) is 5.75 Å². The monoisotopic (exact) mass is 421 g/mol. The van der Waals surface area contributed by atoms with Crippen molar-refractivity contribution in [2.75, 3.05) is 23.3 Å². The van der Waals surface area contributed by atoms with Crippen molar-refractivity contribution in [3.05, 3.63) is 40.6 Å². The Morgan fingerprint density at radius 2 is 2.07 bits per heavy atom. The first kappa shape index (κ1) is 18.0. The molecule has 7 nitrogen and oxygen atoms in total. The van der Waals surface area contributed by atoms with Crippen LogP contribution in [0, 0.1) is 6.92 Å². The topological polar surface area (TPSA) is 88.6 Å². The second-order valence-corrected chi connectivity index (χ2v) is 9.99. The van der Waals surface area contributed by atoms with Gasteiger partial charge in [0.1, 0.15) is 9.96 Å². The molecule has 1 aliphatic heterocycles. The Morgan fingerprint density at radius 3 is 2.81 bits per heavy atom. The number of aryl methyl sites for hydroxylation is 1.